The van der Waals surface area contributed by atoms with Gasteiger partial charge in [0.15, 0.2) is 5.65 Å². The number of benzene rings is 2. The Morgan fingerprint density at radius 2 is 1.86 bits per heavy atom. The molecule has 0 unspecified atom stereocenters. The summed E-state index contributed by atoms with van der Waals surface area (Å²) in [5, 5.41) is 10.5. The van der Waals surface area contributed by atoms with E-state index in [-0.39, 0.29) is 18.1 Å². The van der Waals surface area contributed by atoms with Crippen LogP contribution in [0.25, 0.3) is 5.65 Å². The van der Waals surface area contributed by atoms with Gasteiger partial charge in [-0.1, -0.05) is 30.3 Å². The van der Waals surface area contributed by atoms with Gasteiger partial charge in [0, 0.05) is 18.1 Å². The van der Waals surface area contributed by atoms with E-state index in [0.717, 1.165) is 5.56 Å². The molecule has 174 valence electrons. The average molecular weight is 467 g/mol. The van der Waals surface area contributed by atoms with Crippen molar-refractivity contribution in [2.75, 3.05) is 17.7 Å². The van der Waals surface area contributed by atoms with Crippen molar-refractivity contribution in [1.29, 1.82) is 0 Å². The van der Waals surface area contributed by atoms with Crippen LogP contribution in [-0.4, -0.2) is 32.2 Å². The van der Waals surface area contributed by atoms with Crippen molar-refractivity contribution in [3.8, 4) is 5.75 Å². The minimum Gasteiger partial charge on any atom is -0.495 e. The van der Waals surface area contributed by atoms with Gasteiger partial charge in [0.2, 0.25) is 0 Å². The molecule has 0 bridgehead atoms. The molecule has 1 amide bonds. The zero-order chi connectivity index (χ0) is 24.2. The Hall–Kier alpha value is -4.92. The molecule has 0 spiro atoms. The molecular weight excluding hydrogens is 444 g/mol. The van der Waals surface area contributed by atoms with E-state index >= 15 is 0 Å². The maximum absolute atomic E-state index is 13.1. The number of carbonyl (C=O) groups is 1. The fraction of sp³-hybridized carbons (Fsp3) is 0.0769. The standard InChI is InChI=1S/C26H22N6O3/c1-35-22-12-3-2-11-21(22)29-24-20(10-7-14-27-24)25(33)28-19-9-6-8-18(16-19)17-32-26(34)31-15-5-4-13-23(31)30-32/h2-16H,17H2,1H3,(H,27,29)(H,28,33). The maximum Gasteiger partial charge on any atom is 0.350 e. The smallest absolute Gasteiger partial charge is 0.350 e. The molecule has 3 heterocycles. The fourth-order valence-corrected chi connectivity index (χ4v) is 3.75. The second kappa shape index (κ2) is 9.52. The summed E-state index contributed by atoms with van der Waals surface area (Å²) in [6.07, 6.45) is 3.30. The van der Waals surface area contributed by atoms with Crippen LogP contribution in [0, 0.1) is 0 Å². The normalized spacial score (nSPS) is 10.8. The number of fused-ring (bicyclic) bond motifs is 1. The molecule has 9 heteroatoms. The molecule has 5 rings (SSSR count). The summed E-state index contributed by atoms with van der Waals surface area (Å²) in [5.74, 6) is 0.721. The second-order valence-corrected chi connectivity index (χ2v) is 7.75. The Labute approximate surface area is 200 Å². The van der Waals surface area contributed by atoms with Crippen molar-refractivity contribution in [2.24, 2.45) is 0 Å². The molecule has 0 radical (unpaired) electrons. The van der Waals surface area contributed by atoms with Gasteiger partial charge in [-0.05, 0) is 54.1 Å². The van der Waals surface area contributed by atoms with Crippen molar-refractivity contribution >= 4 is 28.7 Å². The lowest BCUT2D eigenvalue weighted by molar-refractivity contribution is 0.102. The summed E-state index contributed by atoms with van der Waals surface area (Å²) in [7, 11) is 1.58. The molecule has 0 aliphatic carbocycles. The van der Waals surface area contributed by atoms with Crippen LogP contribution in [0.3, 0.4) is 0 Å². The summed E-state index contributed by atoms with van der Waals surface area (Å²) in [6.45, 7) is 0.276. The maximum atomic E-state index is 13.1. The van der Waals surface area contributed by atoms with Gasteiger partial charge in [0.25, 0.3) is 5.91 Å². The van der Waals surface area contributed by atoms with Crippen LogP contribution in [0.2, 0.25) is 0 Å². The first-order chi connectivity index (χ1) is 17.1. The fourth-order valence-electron chi connectivity index (χ4n) is 3.75. The van der Waals surface area contributed by atoms with Crippen LogP contribution in [-0.2, 0) is 6.54 Å². The summed E-state index contributed by atoms with van der Waals surface area (Å²) < 4.78 is 8.27. The van der Waals surface area contributed by atoms with Crippen LogP contribution in [0.15, 0.2) is 96.1 Å². The van der Waals surface area contributed by atoms with E-state index in [4.69, 9.17) is 4.74 Å². The Balaban J connectivity index is 1.36. The number of para-hydroxylation sites is 2. The minimum absolute atomic E-state index is 0.225. The number of pyridine rings is 2. The predicted molar refractivity (Wildman–Crippen MR) is 133 cm³/mol. The number of amides is 1. The Kier molecular flexibility index (Phi) is 5.96. The zero-order valence-corrected chi connectivity index (χ0v) is 18.9. The Bertz CT molecular complexity index is 1570. The molecule has 0 atom stereocenters. The van der Waals surface area contributed by atoms with Gasteiger partial charge in [-0.3, -0.25) is 9.20 Å². The molecule has 0 fully saturated rings. The number of aromatic nitrogens is 4. The van der Waals surface area contributed by atoms with Gasteiger partial charge in [-0.15, -0.1) is 5.10 Å². The van der Waals surface area contributed by atoms with Crippen LogP contribution in [0.1, 0.15) is 15.9 Å². The first kappa shape index (κ1) is 21.9. The number of nitrogens with zero attached hydrogens (tertiary/aromatic N) is 4. The van der Waals surface area contributed by atoms with Crippen LogP contribution in [0.4, 0.5) is 17.2 Å². The molecule has 3 aromatic heterocycles. The number of carbonyl (C=O) groups excluding carboxylic acids is 1. The summed E-state index contributed by atoms with van der Waals surface area (Å²) in [6, 6.07) is 23.5. The van der Waals surface area contributed by atoms with E-state index in [1.807, 2.05) is 48.5 Å². The third-order valence-corrected chi connectivity index (χ3v) is 5.42. The first-order valence-electron chi connectivity index (χ1n) is 10.9. The van der Waals surface area contributed by atoms with Crippen molar-refractivity contribution in [3.05, 3.63) is 113 Å². The van der Waals surface area contributed by atoms with E-state index in [2.05, 4.69) is 20.7 Å². The third-order valence-electron chi connectivity index (χ3n) is 5.42. The molecule has 5 aromatic rings. The SMILES string of the molecule is COc1ccccc1Nc1ncccc1C(=O)Nc1cccc(Cn2nc3ccccn3c2=O)c1. The van der Waals surface area contributed by atoms with Crippen molar-refractivity contribution < 1.29 is 9.53 Å². The predicted octanol–water partition coefficient (Wildman–Crippen LogP) is 3.94. The lowest BCUT2D eigenvalue weighted by Crippen LogP contribution is -2.21. The molecule has 9 nitrogen and oxygen atoms in total. The number of ether oxygens (including phenoxy) is 1. The molecule has 2 N–H and O–H groups in total. The lowest BCUT2D eigenvalue weighted by Gasteiger charge is -2.14. The van der Waals surface area contributed by atoms with E-state index in [0.29, 0.717) is 34.2 Å². The van der Waals surface area contributed by atoms with Gasteiger partial charge in [-0.2, -0.15) is 0 Å². The van der Waals surface area contributed by atoms with E-state index in [1.165, 1.54) is 9.08 Å². The Morgan fingerprint density at radius 1 is 1.00 bits per heavy atom. The quantitative estimate of drug-likeness (QED) is 0.377. The lowest BCUT2D eigenvalue weighted by atomic mass is 10.1. The summed E-state index contributed by atoms with van der Waals surface area (Å²) in [5.41, 5.74) is 2.84. The molecule has 0 saturated carbocycles. The molecule has 0 aliphatic rings. The van der Waals surface area contributed by atoms with Crippen molar-refractivity contribution in [2.45, 2.75) is 6.54 Å². The number of hydrogen-bond donors (Lipinski definition) is 2. The van der Waals surface area contributed by atoms with E-state index in [1.54, 1.807) is 49.8 Å². The van der Waals surface area contributed by atoms with Crippen LogP contribution >= 0.6 is 0 Å². The highest BCUT2D eigenvalue weighted by molar-refractivity contribution is 6.07. The van der Waals surface area contributed by atoms with Crippen LogP contribution in [0.5, 0.6) is 5.75 Å². The second-order valence-electron chi connectivity index (χ2n) is 7.75. The van der Waals surface area contributed by atoms with Gasteiger partial charge in [-0.25, -0.2) is 14.5 Å². The largest absolute Gasteiger partial charge is 0.495 e. The number of methoxy groups -OCH3 is 1. The average Bonchev–Trinajstić information content (AvgIpc) is 3.20. The van der Waals surface area contributed by atoms with Gasteiger partial charge >= 0.3 is 5.69 Å². The number of anilines is 3. The highest BCUT2D eigenvalue weighted by Gasteiger charge is 2.15. The number of nitrogens with one attached hydrogen (secondary N) is 2. The van der Waals surface area contributed by atoms with E-state index in [9.17, 15) is 9.59 Å². The van der Waals surface area contributed by atoms with Crippen LogP contribution < -0.4 is 21.1 Å². The highest BCUT2D eigenvalue weighted by Crippen LogP contribution is 2.28. The van der Waals surface area contributed by atoms with Gasteiger partial charge in [0.1, 0.15) is 11.6 Å². The molecule has 35 heavy (non-hydrogen) atoms. The molecule has 0 saturated heterocycles. The topological polar surface area (TPSA) is 103 Å². The van der Waals surface area contributed by atoms with Crippen molar-refractivity contribution in [1.82, 2.24) is 19.2 Å². The minimum atomic E-state index is -0.322. The number of hydrogen-bond acceptors (Lipinski definition) is 6. The Morgan fingerprint density at radius 3 is 2.71 bits per heavy atom. The van der Waals surface area contributed by atoms with Crippen molar-refractivity contribution in [3.63, 3.8) is 0 Å². The molecule has 0 aliphatic heterocycles. The van der Waals surface area contributed by atoms with E-state index < -0.39 is 0 Å². The monoisotopic (exact) mass is 466 g/mol. The molecular formula is C26H22N6O3. The summed E-state index contributed by atoms with van der Waals surface area (Å²) in [4.78, 5) is 30.1. The zero-order valence-electron chi connectivity index (χ0n) is 18.9. The summed E-state index contributed by atoms with van der Waals surface area (Å²) >= 11 is 0. The highest BCUT2D eigenvalue weighted by atomic mass is 16.5. The first-order valence-corrected chi connectivity index (χ1v) is 10.9. The van der Waals surface area contributed by atoms with Gasteiger partial charge < -0.3 is 15.4 Å². The third kappa shape index (κ3) is 4.60. The van der Waals surface area contributed by atoms with Gasteiger partial charge in [0.05, 0.1) is 24.9 Å². The number of rotatable bonds is 7. The molecule has 2 aromatic carbocycles.